The predicted molar refractivity (Wildman–Crippen MR) is 102 cm³/mol. The Morgan fingerprint density at radius 2 is 2.00 bits per heavy atom. The van der Waals surface area contributed by atoms with Crippen molar-refractivity contribution in [1.29, 1.82) is 0 Å². The summed E-state index contributed by atoms with van der Waals surface area (Å²) in [6.45, 7) is 4.76. The van der Waals surface area contributed by atoms with Gasteiger partial charge in [-0.15, -0.1) is 0 Å². The molecule has 0 bridgehead atoms. The molecule has 0 saturated carbocycles. The maximum absolute atomic E-state index is 12.8. The van der Waals surface area contributed by atoms with Gasteiger partial charge in [-0.1, -0.05) is 25.1 Å². The van der Waals surface area contributed by atoms with Crippen molar-refractivity contribution in [3.05, 3.63) is 52.1 Å². The number of nitrogens with zero attached hydrogens (tertiary/aromatic N) is 3. The van der Waals surface area contributed by atoms with Crippen molar-refractivity contribution in [1.82, 2.24) is 4.98 Å². The summed E-state index contributed by atoms with van der Waals surface area (Å²) in [6, 6.07) is 9.93. The van der Waals surface area contributed by atoms with Gasteiger partial charge in [-0.05, 0) is 47.9 Å². The largest absolute Gasteiger partial charge is 0.472 e. The highest BCUT2D eigenvalue weighted by molar-refractivity contribution is 6.07. The van der Waals surface area contributed by atoms with Gasteiger partial charge < -0.3 is 20.2 Å². The highest BCUT2D eigenvalue weighted by Crippen LogP contribution is 2.37. The number of nitrogens with one attached hydrogen (secondary N) is 1. The molecule has 1 N–H and O–H groups in total. The van der Waals surface area contributed by atoms with Crippen molar-refractivity contribution in [2.24, 2.45) is 0 Å². The Hall–Kier alpha value is -3.49. The van der Waals surface area contributed by atoms with Crippen LogP contribution in [-0.2, 0) is 16.0 Å². The summed E-state index contributed by atoms with van der Waals surface area (Å²) in [5.41, 5.74) is 0.382. The summed E-state index contributed by atoms with van der Waals surface area (Å²) in [5, 5.41) is 13.8. The molecule has 0 radical (unpaired) electrons. The first kappa shape index (κ1) is 19.3. The fraction of sp³-hybridized carbons (Fsp3) is 0.316. The Morgan fingerprint density at radius 1 is 1.29 bits per heavy atom. The summed E-state index contributed by atoms with van der Waals surface area (Å²) in [4.78, 5) is 40.9. The highest BCUT2D eigenvalue weighted by atomic mass is 16.6. The molecule has 2 heterocycles. The second-order valence-electron chi connectivity index (χ2n) is 6.81. The van der Waals surface area contributed by atoms with Gasteiger partial charge in [0, 0.05) is 11.8 Å². The molecule has 0 unspecified atom stereocenters. The molecule has 2 amide bonds. The van der Waals surface area contributed by atoms with Crippen LogP contribution in [0.5, 0.6) is 5.75 Å². The summed E-state index contributed by atoms with van der Waals surface area (Å²) < 4.78 is 5.62. The Balaban J connectivity index is 1.91. The van der Waals surface area contributed by atoms with Gasteiger partial charge in [-0.2, -0.15) is 0 Å². The quantitative estimate of drug-likeness (QED) is 0.626. The van der Waals surface area contributed by atoms with Gasteiger partial charge >= 0.3 is 5.82 Å². The van der Waals surface area contributed by atoms with Gasteiger partial charge in [-0.3, -0.25) is 14.5 Å². The van der Waals surface area contributed by atoms with Crippen molar-refractivity contribution < 1.29 is 19.2 Å². The average Bonchev–Trinajstić information content (AvgIpc) is 2.65. The third kappa shape index (κ3) is 3.64. The van der Waals surface area contributed by atoms with Crippen molar-refractivity contribution >= 4 is 29.1 Å². The highest BCUT2D eigenvalue weighted by Gasteiger charge is 2.45. The maximum Gasteiger partial charge on any atom is 0.366 e. The fourth-order valence-corrected chi connectivity index (χ4v) is 2.97. The first-order valence-electron chi connectivity index (χ1n) is 8.77. The molecular weight excluding hydrogens is 364 g/mol. The van der Waals surface area contributed by atoms with E-state index in [2.05, 4.69) is 10.3 Å². The standard InChI is InChI=1S/C19H20N4O5/c1-4-12-7-5-6-8-13(12)20-16(24)11-22-17-14(28-19(2,3)18(22)25)9-10-15(21-17)23(26)27/h5-10H,4,11H2,1-3H3,(H,20,24). The Bertz CT molecular complexity index is 957. The number of benzene rings is 1. The molecule has 9 heteroatoms. The molecule has 3 rings (SSSR count). The molecule has 28 heavy (non-hydrogen) atoms. The molecule has 146 valence electrons. The predicted octanol–water partition coefficient (Wildman–Crippen LogP) is 2.69. The van der Waals surface area contributed by atoms with E-state index in [4.69, 9.17) is 4.74 Å². The minimum absolute atomic E-state index is 0.0440. The van der Waals surface area contributed by atoms with Crippen molar-refractivity contribution in [2.75, 3.05) is 16.8 Å². The Labute approximate surface area is 161 Å². The molecule has 2 aromatic rings. The van der Waals surface area contributed by atoms with Crippen LogP contribution in [0, 0.1) is 10.1 Å². The lowest BCUT2D eigenvalue weighted by Gasteiger charge is -2.35. The molecule has 1 aromatic carbocycles. The van der Waals surface area contributed by atoms with E-state index in [0.29, 0.717) is 5.69 Å². The van der Waals surface area contributed by atoms with E-state index in [0.717, 1.165) is 16.9 Å². The maximum atomic E-state index is 12.8. The Morgan fingerprint density at radius 3 is 2.68 bits per heavy atom. The second-order valence-corrected chi connectivity index (χ2v) is 6.81. The normalized spacial score (nSPS) is 14.8. The van der Waals surface area contributed by atoms with Crippen molar-refractivity contribution in [2.45, 2.75) is 32.8 Å². The summed E-state index contributed by atoms with van der Waals surface area (Å²) in [5.74, 6) is -1.22. The number of hydrogen-bond donors (Lipinski definition) is 1. The molecule has 0 fully saturated rings. The molecular formula is C19H20N4O5. The van der Waals surface area contributed by atoms with E-state index in [1.54, 1.807) is 26.0 Å². The molecule has 9 nitrogen and oxygen atoms in total. The monoisotopic (exact) mass is 384 g/mol. The topological polar surface area (TPSA) is 115 Å². The van der Waals surface area contributed by atoms with Crippen LogP contribution >= 0.6 is 0 Å². The number of anilines is 2. The number of carbonyl (C=O) groups excluding carboxylic acids is 2. The van der Waals surface area contributed by atoms with Crippen LogP contribution < -0.4 is 15.0 Å². The number of amides is 2. The molecule has 1 aliphatic heterocycles. The summed E-state index contributed by atoms with van der Waals surface area (Å²) >= 11 is 0. The zero-order valence-corrected chi connectivity index (χ0v) is 15.8. The number of rotatable bonds is 5. The molecule has 0 atom stereocenters. The van der Waals surface area contributed by atoms with Gasteiger partial charge in [0.1, 0.15) is 6.54 Å². The number of nitro groups is 1. The zero-order valence-electron chi connectivity index (χ0n) is 15.8. The van der Waals surface area contributed by atoms with Gasteiger partial charge in [0.05, 0.1) is 0 Å². The first-order chi connectivity index (χ1) is 13.2. The third-order valence-electron chi connectivity index (χ3n) is 4.37. The number of fused-ring (bicyclic) bond motifs is 1. The summed E-state index contributed by atoms with van der Waals surface area (Å²) in [7, 11) is 0. The van der Waals surface area contributed by atoms with Crippen LogP contribution in [0.25, 0.3) is 0 Å². The fourth-order valence-electron chi connectivity index (χ4n) is 2.97. The summed E-state index contributed by atoms with van der Waals surface area (Å²) in [6.07, 6.45) is 0.733. The lowest BCUT2D eigenvalue weighted by molar-refractivity contribution is -0.389. The minimum Gasteiger partial charge on any atom is -0.472 e. The van der Waals surface area contributed by atoms with E-state index in [1.807, 2.05) is 19.1 Å². The Kier molecular flexibility index (Phi) is 5.00. The van der Waals surface area contributed by atoms with Crippen LogP contribution in [0.2, 0.25) is 0 Å². The van der Waals surface area contributed by atoms with Crippen molar-refractivity contribution in [3.63, 3.8) is 0 Å². The molecule has 0 saturated heterocycles. The van der Waals surface area contributed by atoms with E-state index in [-0.39, 0.29) is 18.1 Å². The van der Waals surface area contributed by atoms with Gasteiger partial charge in [0.15, 0.2) is 11.4 Å². The van der Waals surface area contributed by atoms with E-state index < -0.39 is 28.2 Å². The smallest absolute Gasteiger partial charge is 0.366 e. The van der Waals surface area contributed by atoms with Crippen molar-refractivity contribution in [3.8, 4) is 5.75 Å². The third-order valence-corrected chi connectivity index (χ3v) is 4.37. The van der Waals surface area contributed by atoms with Crippen LogP contribution in [0.15, 0.2) is 36.4 Å². The molecule has 0 aliphatic carbocycles. The number of ether oxygens (including phenoxy) is 1. The van der Waals surface area contributed by atoms with Crippen LogP contribution in [0.4, 0.5) is 17.3 Å². The lowest BCUT2D eigenvalue weighted by Crippen LogP contribution is -2.54. The van der Waals surface area contributed by atoms with E-state index >= 15 is 0 Å². The molecule has 1 aromatic heterocycles. The van der Waals surface area contributed by atoms with E-state index in [1.165, 1.54) is 12.1 Å². The number of pyridine rings is 1. The number of aromatic nitrogens is 1. The number of hydrogen-bond acceptors (Lipinski definition) is 6. The SMILES string of the molecule is CCc1ccccc1NC(=O)CN1C(=O)C(C)(C)Oc2ccc([N+](=O)[O-])nc21. The zero-order chi connectivity index (χ0) is 20.5. The number of para-hydroxylation sites is 1. The van der Waals surface area contributed by atoms with Gasteiger partial charge in [0.2, 0.25) is 5.91 Å². The van der Waals surface area contributed by atoms with Crippen LogP contribution in [0.3, 0.4) is 0 Å². The molecule has 1 aliphatic rings. The first-order valence-corrected chi connectivity index (χ1v) is 8.77. The average molecular weight is 384 g/mol. The second kappa shape index (κ2) is 7.26. The van der Waals surface area contributed by atoms with Crippen LogP contribution in [0.1, 0.15) is 26.3 Å². The van der Waals surface area contributed by atoms with Crippen LogP contribution in [-0.4, -0.2) is 33.9 Å². The number of carbonyl (C=O) groups is 2. The van der Waals surface area contributed by atoms with Gasteiger partial charge in [0.25, 0.3) is 11.7 Å². The van der Waals surface area contributed by atoms with E-state index in [9.17, 15) is 19.7 Å². The number of aryl methyl sites for hydroxylation is 1. The van der Waals surface area contributed by atoms with Gasteiger partial charge in [-0.25, -0.2) is 0 Å². The lowest BCUT2D eigenvalue weighted by atomic mass is 10.1. The molecule has 0 spiro atoms. The minimum atomic E-state index is -1.23.